The molecular formula is C45H59FO9. The van der Waals surface area contributed by atoms with E-state index >= 15 is 4.39 Å². The number of rotatable bonds is 7. The van der Waals surface area contributed by atoms with Gasteiger partial charge >= 0.3 is 11.9 Å². The van der Waals surface area contributed by atoms with Gasteiger partial charge in [-0.3, -0.25) is 24.0 Å². The molecule has 0 spiro atoms. The summed E-state index contributed by atoms with van der Waals surface area (Å²) in [5.74, 6) is -1.04. The van der Waals surface area contributed by atoms with Crippen molar-refractivity contribution in [1.82, 2.24) is 0 Å². The van der Waals surface area contributed by atoms with E-state index in [0.29, 0.717) is 60.8 Å². The van der Waals surface area contributed by atoms with Gasteiger partial charge in [-0.25, -0.2) is 4.39 Å². The lowest BCUT2D eigenvalue weighted by atomic mass is 9.44. The van der Waals surface area contributed by atoms with Crippen LogP contribution in [0.3, 0.4) is 0 Å². The average molecular weight is 763 g/mol. The number of halogens is 1. The standard InChI is InChI=1S/C45H59FO9/c1-24-21-41(3)32(31-9-6-26-19-28(47)8-10-30(26)40(24)31)12-13-37(41)55-39(52)15-14-38(51)54-23-36(50)45(53)25(2)18-34-33-11-7-27-20-29(48)16-17-42(27,4)44(33,46)35(49)22-43(34,45)5/h16-17,19-20,24-25,30-35,37,40,49,53H,6-15,18,21-23H2,1-5H3. The number of hydrogen-bond acceptors (Lipinski definition) is 9. The zero-order valence-electron chi connectivity index (χ0n) is 33.1. The van der Waals surface area contributed by atoms with Crippen LogP contribution in [0, 0.1) is 63.6 Å². The van der Waals surface area contributed by atoms with Crippen molar-refractivity contribution in [3.8, 4) is 0 Å². The minimum absolute atomic E-state index is 0.148. The van der Waals surface area contributed by atoms with Crippen LogP contribution in [-0.4, -0.2) is 69.6 Å². The maximum Gasteiger partial charge on any atom is 0.306 e. The number of allylic oxidation sites excluding steroid dienone is 5. The quantitative estimate of drug-likeness (QED) is 0.277. The van der Waals surface area contributed by atoms with Crippen molar-refractivity contribution in [1.29, 1.82) is 0 Å². The Bertz CT molecular complexity index is 1780. The predicted molar refractivity (Wildman–Crippen MR) is 200 cm³/mol. The summed E-state index contributed by atoms with van der Waals surface area (Å²) in [7, 11) is 0. The first-order valence-corrected chi connectivity index (χ1v) is 21.0. The number of ether oxygens (including phenoxy) is 2. The molecule has 0 radical (unpaired) electrons. The van der Waals surface area contributed by atoms with E-state index in [1.54, 1.807) is 26.8 Å². The first-order valence-electron chi connectivity index (χ1n) is 21.0. The monoisotopic (exact) mass is 762 g/mol. The summed E-state index contributed by atoms with van der Waals surface area (Å²) >= 11 is 0. The fraction of sp³-hybridized carbons (Fsp3) is 0.756. The van der Waals surface area contributed by atoms with Crippen molar-refractivity contribution in [2.45, 2.75) is 142 Å². The molecule has 8 aliphatic rings. The Kier molecular flexibility index (Phi) is 9.39. The van der Waals surface area contributed by atoms with Crippen LogP contribution in [0.15, 0.2) is 35.5 Å². The number of ketones is 3. The van der Waals surface area contributed by atoms with Crippen LogP contribution in [0.5, 0.6) is 0 Å². The molecule has 0 aromatic heterocycles. The number of aliphatic hydroxyl groups excluding tert-OH is 1. The zero-order valence-corrected chi connectivity index (χ0v) is 33.1. The van der Waals surface area contributed by atoms with Crippen molar-refractivity contribution in [2.24, 2.45) is 63.6 Å². The van der Waals surface area contributed by atoms with Gasteiger partial charge < -0.3 is 19.7 Å². The highest BCUT2D eigenvalue weighted by Crippen LogP contribution is 2.71. The number of carbonyl (C=O) groups excluding carboxylic acids is 5. The SMILES string of the molecule is CC1CC2(C)C(OC(=O)CCC(=O)OCC(=O)C3(O)C(C)CC4C5CCC6=CC(=O)C=CC6(C)C5(F)C(O)CC43C)CCC2C2CCC3=CC(=O)CCC3C12. The van der Waals surface area contributed by atoms with Crippen molar-refractivity contribution in [3.05, 3.63) is 35.5 Å². The fourth-order valence-electron chi connectivity index (χ4n) is 14.8. The van der Waals surface area contributed by atoms with Gasteiger partial charge in [-0.2, -0.15) is 0 Å². The molecule has 6 fully saturated rings. The molecule has 6 saturated carbocycles. The van der Waals surface area contributed by atoms with Gasteiger partial charge in [0.1, 0.15) is 11.7 Å². The third-order valence-electron chi connectivity index (χ3n) is 17.3. The number of hydrogen-bond donors (Lipinski definition) is 2. The van der Waals surface area contributed by atoms with Crippen LogP contribution in [0.25, 0.3) is 0 Å². The molecule has 55 heavy (non-hydrogen) atoms. The number of esters is 2. The van der Waals surface area contributed by atoms with Gasteiger partial charge in [-0.1, -0.05) is 44.9 Å². The molecule has 8 aliphatic carbocycles. The summed E-state index contributed by atoms with van der Waals surface area (Å²) in [6.45, 7) is 9.12. The lowest BCUT2D eigenvalue weighted by molar-refractivity contribution is -0.220. The van der Waals surface area contributed by atoms with Gasteiger partial charge in [0.25, 0.3) is 0 Å². The second-order valence-corrected chi connectivity index (χ2v) is 19.7. The summed E-state index contributed by atoms with van der Waals surface area (Å²) in [5, 5.41) is 23.8. The first kappa shape index (κ1) is 38.9. The third kappa shape index (κ3) is 5.52. The predicted octanol–water partition coefficient (Wildman–Crippen LogP) is 6.53. The summed E-state index contributed by atoms with van der Waals surface area (Å²) < 4.78 is 29.0. The van der Waals surface area contributed by atoms with Crippen LogP contribution >= 0.6 is 0 Å². The minimum atomic E-state index is -2.09. The first-order chi connectivity index (χ1) is 25.9. The largest absolute Gasteiger partial charge is 0.462 e. The summed E-state index contributed by atoms with van der Waals surface area (Å²) in [6.07, 6.45) is 11.6. The molecule has 0 amide bonds. The van der Waals surface area contributed by atoms with E-state index in [2.05, 4.69) is 13.8 Å². The average Bonchev–Trinajstić information content (AvgIpc) is 3.56. The topological polar surface area (TPSA) is 144 Å². The summed E-state index contributed by atoms with van der Waals surface area (Å²) in [6, 6.07) is 0. The molecular weight excluding hydrogens is 703 g/mol. The van der Waals surface area contributed by atoms with Crippen molar-refractivity contribution in [3.63, 3.8) is 0 Å². The van der Waals surface area contributed by atoms with Gasteiger partial charge in [0.05, 0.1) is 18.9 Å². The fourth-order valence-corrected chi connectivity index (χ4v) is 14.8. The van der Waals surface area contributed by atoms with Gasteiger partial charge in [0.2, 0.25) is 5.78 Å². The van der Waals surface area contributed by atoms with Gasteiger partial charge in [0, 0.05) is 28.6 Å². The molecule has 300 valence electrons. The number of fused-ring (bicyclic) bond motifs is 10. The lowest BCUT2D eigenvalue weighted by Crippen LogP contribution is -2.69. The smallest absolute Gasteiger partial charge is 0.306 e. The minimum Gasteiger partial charge on any atom is -0.462 e. The van der Waals surface area contributed by atoms with Crippen LogP contribution in [0.1, 0.15) is 118 Å². The van der Waals surface area contributed by atoms with Crippen LogP contribution in [0.4, 0.5) is 4.39 Å². The Morgan fingerprint density at radius 1 is 0.891 bits per heavy atom. The van der Waals surface area contributed by atoms with E-state index in [-0.39, 0.29) is 42.3 Å². The molecule has 0 heterocycles. The molecule has 2 N–H and O–H groups in total. The molecule has 10 heteroatoms. The van der Waals surface area contributed by atoms with Crippen molar-refractivity contribution >= 4 is 29.3 Å². The molecule has 0 aromatic rings. The van der Waals surface area contributed by atoms with Crippen molar-refractivity contribution in [2.75, 3.05) is 6.61 Å². The van der Waals surface area contributed by atoms with Gasteiger partial charge in [0.15, 0.2) is 23.8 Å². The number of Topliss-reactive ketones (excluding diaryl/α,β-unsaturated/α-hetero) is 1. The Labute approximate surface area is 323 Å². The molecule has 0 aromatic carbocycles. The van der Waals surface area contributed by atoms with Gasteiger partial charge in [-0.05, 0) is 131 Å². The highest BCUT2D eigenvalue weighted by molar-refractivity contribution is 6.01. The van der Waals surface area contributed by atoms with E-state index < -0.39 is 70.3 Å². The maximum absolute atomic E-state index is 17.5. The number of aliphatic hydroxyl groups is 2. The molecule has 15 atom stereocenters. The summed E-state index contributed by atoms with van der Waals surface area (Å²) in [5.41, 5.74) is -4.56. The Hall–Kier alpha value is -2.98. The van der Waals surface area contributed by atoms with E-state index in [4.69, 9.17) is 9.47 Å². The number of alkyl halides is 1. The van der Waals surface area contributed by atoms with E-state index in [9.17, 15) is 34.2 Å². The molecule has 15 unspecified atom stereocenters. The Morgan fingerprint density at radius 3 is 2.40 bits per heavy atom. The lowest BCUT2D eigenvalue weighted by Gasteiger charge is -2.62. The van der Waals surface area contributed by atoms with Crippen LogP contribution < -0.4 is 0 Å². The number of carbonyl (C=O) groups is 5. The van der Waals surface area contributed by atoms with Crippen LogP contribution in [0.2, 0.25) is 0 Å². The van der Waals surface area contributed by atoms with E-state index in [1.165, 1.54) is 17.7 Å². The molecule has 8 rings (SSSR count). The maximum atomic E-state index is 17.5. The van der Waals surface area contributed by atoms with Gasteiger partial charge in [-0.15, -0.1) is 0 Å². The van der Waals surface area contributed by atoms with Crippen molar-refractivity contribution < 1.29 is 48.0 Å². The second kappa shape index (κ2) is 13.3. The van der Waals surface area contributed by atoms with E-state index in [0.717, 1.165) is 38.5 Å². The zero-order chi connectivity index (χ0) is 39.5. The van der Waals surface area contributed by atoms with Crippen LogP contribution in [-0.2, 0) is 33.4 Å². The third-order valence-corrected chi connectivity index (χ3v) is 17.3. The van der Waals surface area contributed by atoms with E-state index in [1.807, 2.05) is 6.08 Å². The molecule has 0 bridgehead atoms. The summed E-state index contributed by atoms with van der Waals surface area (Å²) in [4.78, 5) is 64.3. The highest BCUT2D eigenvalue weighted by Gasteiger charge is 2.75. The molecule has 9 nitrogen and oxygen atoms in total. The normalized spacial score (nSPS) is 48.2. The highest BCUT2D eigenvalue weighted by atomic mass is 19.1. The molecule has 0 saturated heterocycles. The Morgan fingerprint density at radius 2 is 1.64 bits per heavy atom. The second-order valence-electron chi connectivity index (χ2n) is 19.7. The molecule has 0 aliphatic heterocycles. The Balaban J connectivity index is 0.868.